The largest absolute Gasteiger partial charge is 0.466 e. The Hall–Kier alpha value is -0.680. The second-order valence-corrected chi connectivity index (χ2v) is 6.69. The fourth-order valence-electron chi connectivity index (χ4n) is 3.03. The third-order valence-electron chi connectivity index (χ3n) is 4.34. The molecule has 2 heterocycles. The molecule has 5 heteroatoms. The zero-order chi connectivity index (χ0) is 15.6. The smallest absolute Gasteiger partial charge is 0.251 e. The van der Waals surface area contributed by atoms with Crippen LogP contribution in [0.25, 0.3) is 0 Å². The van der Waals surface area contributed by atoms with Crippen LogP contribution in [-0.4, -0.2) is 43.4 Å². The fourth-order valence-corrected chi connectivity index (χ4v) is 3.03. The van der Waals surface area contributed by atoms with Crippen molar-refractivity contribution in [2.24, 2.45) is 11.8 Å². The molecule has 0 aromatic rings. The molecule has 0 saturated carbocycles. The van der Waals surface area contributed by atoms with Gasteiger partial charge in [-0.2, -0.15) is 0 Å². The molecule has 122 valence electrons. The Bertz CT molecular complexity index is 386. The molecule has 21 heavy (non-hydrogen) atoms. The predicted octanol–water partition coefficient (Wildman–Crippen LogP) is 3.66. The van der Waals surface area contributed by atoms with Gasteiger partial charge in [0.05, 0.1) is 13.2 Å². The van der Waals surface area contributed by atoms with Crippen LogP contribution in [0, 0.1) is 11.8 Å². The van der Waals surface area contributed by atoms with Gasteiger partial charge in [0.2, 0.25) is 5.79 Å². The second kappa shape index (κ2) is 6.61. The Morgan fingerprint density at radius 3 is 2.19 bits per heavy atom. The maximum absolute atomic E-state index is 12.4. The van der Waals surface area contributed by atoms with E-state index in [0.717, 1.165) is 5.76 Å². The van der Waals surface area contributed by atoms with Gasteiger partial charge in [-0.3, -0.25) is 4.90 Å². The summed E-state index contributed by atoms with van der Waals surface area (Å²) in [5, 5.41) is 0. The molecule has 0 bridgehead atoms. The van der Waals surface area contributed by atoms with E-state index < -0.39 is 12.2 Å². The van der Waals surface area contributed by atoms with E-state index in [2.05, 4.69) is 27.7 Å². The van der Waals surface area contributed by atoms with Crippen molar-refractivity contribution < 1.29 is 18.3 Å². The molecule has 0 aromatic carbocycles. The summed E-state index contributed by atoms with van der Waals surface area (Å²) in [7, 11) is 0. The van der Waals surface area contributed by atoms with Gasteiger partial charge in [0.15, 0.2) is 0 Å². The Morgan fingerprint density at radius 1 is 1.10 bits per heavy atom. The van der Waals surface area contributed by atoms with Gasteiger partial charge in [0, 0.05) is 31.8 Å². The number of piperidine rings is 1. The van der Waals surface area contributed by atoms with Crippen LogP contribution >= 0.6 is 0 Å². The summed E-state index contributed by atoms with van der Waals surface area (Å²) in [4.78, 5) is 1.79. The second-order valence-electron chi connectivity index (χ2n) is 6.69. The van der Waals surface area contributed by atoms with Gasteiger partial charge in [0.1, 0.15) is 5.76 Å². The van der Waals surface area contributed by atoms with Crippen molar-refractivity contribution in [2.75, 3.05) is 26.2 Å². The van der Waals surface area contributed by atoms with Crippen LogP contribution in [-0.2, 0) is 9.47 Å². The molecule has 0 radical (unpaired) electrons. The van der Waals surface area contributed by atoms with Gasteiger partial charge < -0.3 is 9.47 Å². The predicted molar refractivity (Wildman–Crippen MR) is 78.1 cm³/mol. The van der Waals surface area contributed by atoms with Gasteiger partial charge in [-0.15, -0.1) is 0 Å². The average molecular weight is 303 g/mol. The molecule has 2 aliphatic rings. The third kappa shape index (κ3) is 3.95. The average Bonchev–Trinajstić information content (AvgIpc) is 2.41. The minimum absolute atomic E-state index is 0.153. The number of halogens is 2. The normalized spacial score (nSPS) is 23.5. The van der Waals surface area contributed by atoms with E-state index in [-0.39, 0.29) is 6.54 Å². The Balaban J connectivity index is 2.04. The highest BCUT2D eigenvalue weighted by Crippen LogP contribution is 2.39. The summed E-state index contributed by atoms with van der Waals surface area (Å²) in [5.41, 5.74) is 1.23. The molecule has 1 spiro atoms. The molecule has 0 N–H and O–H groups in total. The van der Waals surface area contributed by atoms with E-state index in [1.807, 2.05) is 0 Å². The topological polar surface area (TPSA) is 21.7 Å². The summed E-state index contributed by atoms with van der Waals surface area (Å²) >= 11 is 0. The molecular weight excluding hydrogens is 276 g/mol. The first-order chi connectivity index (χ1) is 9.83. The van der Waals surface area contributed by atoms with E-state index in [9.17, 15) is 8.78 Å². The lowest BCUT2D eigenvalue weighted by molar-refractivity contribution is -0.252. The molecule has 0 unspecified atom stereocenters. The van der Waals surface area contributed by atoms with Crippen molar-refractivity contribution in [2.45, 2.75) is 52.7 Å². The molecule has 2 rings (SSSR count). The quantitative estimate of drug-likeness (QED) is 0.791. The van der Waals surface area contributed by atoms with Crippen molar-refractivity contribution >= 4 is 0 Å². The van der Waals surface area contributed by atoms with Crippen LogP contribution < -0.4 is 0 Å². The molecule has 1 saturated heterocycles. The van der Waals surface area contributed by atoms with Crippen molar-refractivity contribution in [3.8, 4) is 0 Å². The van der Waals surface area contributed by atoms with Crippen LogP contribution in [0.5, 0.6) is 0 Å². The standard InChI is InChI=1S/C16H27F2NO2/c1-11(2)13-10-20-16(21-15(13)12(3)4)5-7-19(8-6-16)9-14(17)18/h11-12,14H,5-10H2,1-4H3. The molecule has 0 atom stereocenters. The Morgan fingerprint density at radius 2 is 1.71 bits per heavy atom. The summed E-state index contributed by atoms with van der Waals surface area (Å²) in [6.07, 6.45) is -0.964. The third-order valence-corrected chi connectivity index (χ3v) is 4.34. The Kier molecular flexibility index (Phi) is 5.25. The van der Waals surface area contributed by atoms with Crippen LogP contribution in [0.2, 0.25) is 0 Å². The lowest BCUT2D eigenvalue weighted by Crippen LogP contribution is -2.51. The number of nitrogens with zero attached hydrogens (tertiary/aromatic N) is 1. The number of alkyl halides is 2. The summed E-state index contributed by atoms with van der Waals surface area (Å²) < 4.78 is 37.2. The molecular formula is C16H27F2NO2. The highest BCUT2D eigenvalue weighted by molar-refractivity contribution is 5.16. The number of likely N-dealkylation sites (tertiary alicyclic amines) is 1. The first kappa shape index (κ1) is 16.7. The van der Waals surface area contributed by atoms with Crippen molar-refractivity contribution in [1.82, 2.24) is 4.90 Å². The zero-order valence-electron chi connectivity index (χ0n) is 13.5. The number of hydrogen-bond donors (Lipinski definition) is 0. The first-order valence-electron chi connectivity index (χ1n) is 7.89. The highest BCUT2D eigenvalue weighted by atomic mass is 19.3. The SMILES string of the molecule is CC(C)C1=C(C(C)C)OC2(CCN(CC(F)F)CC2)OC1. The number of allylic oxidation sites excluding steroid dienone is 1. The lowest BCUT2D eigenvalue weighted by atomic mass is 9.94. The van der Waals surface area contributed by atoms with Crippen molar-refractivity contribution in [1.29, 1.82) is 0 Å². The Labute approximate surface area is 126 Å². The monoisotopic (exact) mass is 303 g/mol. The van der Waals surface area contributed by atoms with Gasteiger partial charge in [-0.1, -0.05) is 27.7 Å². The molecule has 1 fully saturated rings. The molecule has 0 amide bonds. The van der Waals surface area contributed by atoms with E-state index in [0.29, 0.717) is 44.4 Å². The summed E-state index contributed by atoms with van der Waals surface area (Å²) in [6, 6.07) is 0. The first-order valence-corrected chi connectivity index (χ1v) is 7.89. The number of rotatable bonds is 4. The van der Waals surface area contributed by atoms with Crippen LogP contribution in [0.1, 0.15) is 40.5 Å². The number of ether oxygens (including phenoxy) is 2. The molecule has 3 nitrogen and oxygen atoms in total. The van der Waals surface area contributed by atoms with Crippen molar-refractivity contribution in [3.05, 3.63) is 11.3 Å². The van der Waals surface area contributed by atoms with Crippen molar-refractivity contribution in [3.63, 3.8) is 0 Å². The van der Waals surface area contributed by atoms with Crippen LogP contribution in [0.3, 0.4) is 0 Å². The minimum Gasteiger partial charge on any atom is -0.466 e. The lowest BCUT2D eigenvalue weighted by Gasteiger charge is -2.46. The highest BCUT2D eigenvalue weighted by Gasteiger charge is 2.42. The van der Waals surface area contributed by atoms with Crippen LogP contribution in [0.15, 0.2) is 11.3 Å². The molecule has 2 aliphatic heterocycles. The molecule has 0 aliphatic carbocycles. The maximum Gasteiger partial charge on any atom is 0.251 e. The van der Waals surface area contributed by atoms with Crippen LogP contribution in [0.4, 0.5) is 8.78 Å². The van der Waals surface area contributed by atoms with E-state index in [1.54, 1.807) is 4.90 Å². The number of hydrogen-bond acceptors (Lipinski definition) is 3. The van der Waals surface area contributed by atoms with E-state index >= 15 is 0 Å². The fraction of sp³-hybridized carbons (Fsp3) is 0.875. The zero-order valence-corrected chi connectivity index (χ0v) is 13.5. The summed E-state index contributed by atoms with van der Waals surface area (Å²) in [5.74, 6) is 1.16. The molecule has 0 aromatic heterocycles. The summed E-state index contributed by atoms with van der Waals surface area (Å²) in [6.45, 7) is 10.2. The minimum atomic E-state index is -2.27. The van der Waals surface area contributed by atoms with E-state index in [4.69, 9.17) is 9.47 Å². The maximum atomic E-state index is 12.4. The van der Waals surface area contributed by atoms with Gasteiger partial charge in [-0.25, -0.2) is 8.78 Å². The van der Waals surface area contributed by atoms with Gasteiger partial charge >= 0.3 is 0 Å². The van der Waals surface area contributed by atoms with E-state index in [1.165, 1.54) is 5.57 Å². The van der Waals surface area contributed by atoms with Gasteiger partial charge in [0.25, 0.3) is 6.43 Å². The van der Waals surface area contributed by atoms with Gasteiger partial charge in [-0.05, 0) is 11.5 Å².